The highest BCUT2D eigenvalue weighted by Crippen LogP contribution is 2.38. The third kappa shape index (κ3) is 9.05. The summed E-state index contributed by atoms with van der Waals surface area (Å²) >= 11 is 0. The van der Waals surface area contributed by atoms with E-state index in [2.05, 4.69) is 6.58 Å². The van der Waals surface area contributed by atoms with Gasteiger partial charge in [-0.15, -0.1) is 6.58 Å². The maximum absolute atomic E-state index is 12.8. The van der Waals surface area contributed by atoms with Crippen LogP contribution in [0.5, 0.6) is 0 Å². The zero-order valence-electron chi connectivity index (χ0n) is 22.6. The number of rotatable bonds is 17. The van der Waals surface area contributed by atoms with Crippen LogP contribution in [0.15, 0.2) is 12.7 Å². The normalized spacial score (nSPS) is 21.2. The Balaban J connectivity index is 0. The average molecular weight is 756 g/mol. The largest absolute Gasteiger partial charge is 0.440 e. The lowest BCUT2D eigenvalue weighted by atomic mass is 10.8. The van der Waals surface area contributed by atoms with Crippen LogP contribution in [-0.2, 0) is 25.3 Å². The van der Waals surface area contributed by atoms with E-state index >= 15 is 0 Å². The standard InChI is InChI=1S/C6H40O13Si14.C3H6/c1-15-30(20,23-9)19-31(18-29(5,6)27(2)13,32(24-10,25-11)16-21-7)33(26-12,17-22-8)28(3,4)14;1-3-2/h7-12,14H,21-26H2,1-6,20H3;3H,1H2,2H3. The second kappa shape index (κ2) is 17.1. The zero-order chi connectivity index (χ0) is 29.1. The van der Waals surface area contributed by atoms with Crippen molar-refractivity contribution in [3.05, 3.63) is 12.7 Å². The molecule has 0 radical (unpaired) electrons. The summed E-state index contributed by atoms with van der Waals surface area (Å²) in [5.74, 6) is 0. The third-order valence-corrected chi connectivity index (χ3v) is 130. The third-order valence-electron chi connectivity index (χ3n) is 5.83. The maximum atomic E-state index is 12.8. The smallest absolute Gasteiger partial charge is 0.337 e. The molecule has 216 valence electrons. The molecule has 0 aromatic heterocycles. The Bertz CT molecular complexity index is 675. The van der Waals surface area contributed by atoms with Crippen LogP contribution in [0.25, 0.3) is 0 Å². The van der Waals surface area contributed by atoms with Gasteiger partial charge >= 0.3 is 15.2 Å². The van der Waals surface area contributed by atoms with E-state index in [1.54, 1.807) is 38.8 Å². The van der Waals surface area contributed by atoms with Crippen molar-refractivity contribution < 1.29 is 58.9 Å². The van der Waals surface area contributed by atoms with Crippen molar-refractivity contribution in [3.63, 3.8) is 0 Å². The van der Waals surface area contributed by atoms with E-state index in [0.29, 0.717) is 0 Å². The summed E-state index contributed by atoms with van der Waals surface area (Å²) in [4.78, 5) is 74.5. The van der Waals surface area contributed by atoms with Crippen molar-refractivity contribution in [2.75, 3.05) is 7.11 Å². The van der Waals surface area contributed by atoms with Crippen LogP contribution in [0.1, 0.15) is 6.92 Å². The summed E-state index contributed by atoms with van der Waals surface area (Å²) in [6.07, 6.45) is 1.75. The van der Waals surface area contributed by atoms with Gasteiger partial charge in [0.05, 0.1) is 9.76 Å². The summed E-state index contributed by atoms with van der Waals surface area (Å²) in [7, 11) is -28.1. The fraction of sp³-hybridized carbons (Fsp3) is 0.778. The molecule has 0 spiro atoms. The van der Waals surface area contributed by atoms with Gasteiger partial charge in [-0.05, 0) is 39.7 Å². The van der Waals surface area contributed by atoms with Gasteiger partial charge in [0.25, 0.3) is 42.0 Å². The maximum Gasteiger partial charge on any atom is 0.337 e. The Hall–Kier alpha value is 2.10. The molecule has 7 N–H and O–H groups in total. The molecule has 27 heteroatoms. The quantitative estimate of drug-likeness (QED) is 0.0546. The predicted molar refractivity (Wildman–Crippen MR) is 174 cm³/mol. The van der Waals surface area contributed by atoms with Gasteiger partial charge in [-0.2, -0.15) is 0 Å². The topological polar surface area (TPSA) is 205 Å². The Morgan fingerprint density at radius 3 is 1.58 bits per heavy atom. The fourth-order valence-corrected chi connectivity index (χ4v) is 184. The van der Waals surface area contributed by atoms with Crippen LogP contribution in [-0.4, -0.2) is 160 Å². The Labute approximate surface area is 236 Å². The van der Waals surface area contributed by atoms with E-state index in [4.69, 9.17) is 20.9 Å². The van der Waals surface area contributed by atoms with Gasteiger partial charge in [-0.3, -0.25) is 0 Å². The molecular formula is C9H46O13Si14. The van der Waals surface area contributed by atoms with Crippen molar-refractivity contribution in [2.45, 2.75) is 39.7 Å². The predicted octanol–water partition coefficient (Wildman–Crippen LogP) is -9.43. The van der Waals surface area contributed by atoms with Crippen molar-refractivity contribution in [2.24, 2.45) is 0 Å². The molecule has 0 rings (SSSR count). The Morgan fingerprint density at radius 1 is 0.889 bits per heavy atom. The first-order chi connectivity index (χ1) is 16.4. The first-order valence-electron chi connectivity index (χ1n) is 11.1. The molecule has 0 saturated heterocycles. The molecule has 0 aromatic rings. The van der Waals surface area contributed by atoms with E-state index in [1.165, 1.54) is 7.11 Å². The molecule has 13 nitrogen and oxygen atoms in total. The van der Waals surface area contributed by atoms with Crippen LogP contribution in [0, 0.1) is 0 Å². The molecule has 0 heterocycles. The summed E-state index contributed by atoms with van der Waals surface area (Å²) < 4.78 is 44.0. The molecule has 0 aliphatic heterocycles. The fourth-order valence-electron chi connectivity index (χ4n) is 3.31. The van der Waals surface area contributed by atoms with Gasteiger partial charge in [-0.1, -0.05) is 6.08 Å². The van der Waals surface area contributed by atoms with E-state index in [9.17, 15) is 38.0 Å². The van der Waals surface area contributed by atoms with Gasteiger partial charge in [-0.25, -0.2) is 0 Å². The van der Waals surface area contributed by atoms with E-state index < -0.39 is 110 Å². The first kappa shape index (κ1) is 40.2. The Kier molecular flexibility index (Phi) is 19.2. The minimum Gasteiger partial charge on any atom is -0.440 e. The Morgan fingerprint density at radius 2 is 1.33 bits per heavy atom. The van der Waals surface area contributed by atoms with Gasteiger partial charge < -0.3 is 58.9 Å². The highest BCUT2D eigenvalue weighted by atomic mass is 30.2. The van der Waals surface area contributed by atoms with E-state index in [1.807, 2.05) is 6.92 Å². The first-order valence-corrected chi connectivity index (χ1v) is 48.1. The lowest BCUT2D eigenvalue weighted by Crippen LogP contribution is -2.97. The van der Waals surface area contributed by atoms with Gasteiger partial charge in [0.2, 0.25) is 25.0 Å². The molecule has 0 aromatic carbocycles. The van der Waals surface area contributed by atoms with Crippen molar-refractivity contribution in [1.82, 2.24) is 0 Å². The van der Waals surface area contributed by atoms with Crippen LogP contribution >= 0.6 is 0 Å². The molecule has 3 unspecified atom stereocenters. The van der Waals surface area contributed by atoms with E-state index in [0.717, 1.165) is 0 Å². The lowest BCUT2D eigenvalue weighted by molar-refractivity contribution is 0.306. The lowest BCUT2D eigenvalue weighted by Gasteiger charge is -2.58. The van der Waals surface area contributed by atoms with Crippen LogP contribution in [0.3, 0.4) is 0 Å². The second-order valence-electron chi connectivity index (χ2n) is 9.19. The molecular weight excluding hydrogens is 709 g/mol. The minimum atomic E-state index is -4.34. The van der Waals surface area contributed by atoms with Crippen molar-refractivity contribution >= 4 is 120 Å². The van der Waals surface area contributed by atoms with Gasteiger partial charge in [0.1, 0.15) is 0 Å². The number of hydrogen-bond donors (Lipinski definition) is 7. The number of allylic oxidation sites excluding steroid dienone is 1. The summed E-state index contributed by atoms with van der Waals surface area (Å²) in [5, 5.41) is 0. The van der Waals surface area contributed by atoms with Crippen LogP contribution < -0.4 is 0 Å². The molecule has 0 bridgehead atoms. The summed E-state index contributed by atoms with van der Waals surface area (Å²) in [6.45, 7) is 5.50. The SMILES string of the molecule is C=CC.CO[Si]([SiH3])(O[Si](O[Si](C)(C)[Si](C)=O)([Si](O[SiH2]O)([SiH2]O)[SiH2]O)[Si](O[SiH2]O)([SiH2]O)[Si](C)(C)O)[SiH2]O. The molecule has 36 heavy (non-hydrogen) atoms. The van der Waals surface area contributed by atoms with Gasteiger partial charge in [0.15, 0.2) is 27.8 Å². The van der Waals surface area contributed by atoms with Crippen molar-refractivity contribution in [3.8, 4) is 0 Å². The zero-order valence-corrected chi connectivity index (χ0v) is 40.1. The molecule has 3 atom stereocenters. The summed E-state index contributed by atoms with van der Waals surface area (Å²) in [5.41, 5.74) is 0. The van der Waals surface area contributed by atoms with Crippen molar-refractivity contribution in [1.29, 1.82) is 0 Å². The molecule has 0 aliphatic carbocycles. The van der Waals surface area contributed by atoms with Gasteiger partial charge in [0, 0.05) is 7.11 Å². The summed E-state index contributed by atoms with van der Waals surface area (Å²) in [6, 6.07) is 0. The van der Waals surface area contributed by atoms with E-state index in [-0.39, 0.29) is 9.76 Å². The minimum absolute atomic E-state index is 0.281. The molecule has 0 fully saturated rings. The molecule has 0 saturated carbocycles. The molecule has 0 aliphatic rings. The highest BCUT2D eigenvalue weighted by Gasteiger charge is 2.81. The van der Waals surface area contributed by atoms with Crippen LogP contribution in [0.2, 0.25) is 32.7 Å². The second-order valence-corrected chi connectivity index (χ2v) is 91.4. The van der Waals surface area contributed by atoms with Crippen LogP contribution in [0.4, 0.5) is 0 Å². The number of hydrogen-bond acceptors (Lipinski definition) is 13. The average Bonchev–Trinajstić information content (AvgIpc) is 2.79. The molecule has 0 amide bonds. The monoisotopic (exact) mass is 754 g/mol. The highest BCUT2D eigenvalue weighted by molar-refractivity contribution is 7.99.